The van der Waals surface area contributed by atoms with Gasteiger partial charge in [-0.2, -0.15) is 0 Å². The third-order valence-corrected chi connectivity index (χ3v) is 2.48. The molecule has 0 saturated carbocycles. The molecule has 0 aliphatic heterocycles. The molecule has 0 radical (unpaired) electrons. The van der Waals surface area contributed by atoms with Crippen molar-refractivity contribution >= 4 is 29.8 Å². The second-order valence-electron chi connectivity index (χ2n) is 4.42. The summed E-state index contributed by atoms with van der Waals surface area (Å²) in [6.07, 6.45) is 0.704. The zero-order valence-corrected chi connectivity index (χ0v) is 13.8. The summed E-state index contributed by atoms with van der Waals surface area (Å²) in [4.78, 5) is 56.3. The molecule has 0 bridgehead atoms. The molecule has 0 spiro atoms. The van der Waals surface area contributed by atoms with Crippen LogP contribution < -0.4 is 0 Å². The minimum Gasteiger partial charge on any atom is -0.481 e. The molecule has 26 heavy (non-hydrogen) atoms. The molecule has 0 rings (SSSR count). The van der Waals surface area contributed by atoms with Gasteiger partial charge in [0.05, 0.1) is 12.8 Å². The number of carbonyl (C=O) groups excluding carboxylic acids is 4. The van der Waals surface area contributed by atoms with Gasteiger partial charge in [0, 0.05) is 18.2 Å². The number of rotatable bonds is 12. The topological polar surface area (TPSA) is 143 Å². The van der Waals surface area contributed by atoms with Crippen LogP contribution >= 0.6 is 0 Å². The van der Waals surface area contributed by atoms with Crippen molar-refractivity contribution in [2.45, 2.75) is 25.2 Å². The molecule has 0 aromatic rings. The van der Waals surface area contributed by atoms with E-state index in [1.54, 1.807) is 0 Å². The molecule has 0 aromatic heterocycles. The lowest BCUT2D eigenvalue weighted by Crippen LogP contribution is -2.44. The monoisotopic (exact) mass is 370 g/mol. The molecule has 0 amide bonds. The summed E-state index contributed by atoms with van der Waals surface area (Å²) in [6.45, 7) is 8.94. The molecule has 10 nitrogen and oxygen atoms in total. The van der Waals surface area contributed by atoms with E-state index in [1.165, 1.54) is 0 Å². The quantitative estimate of drug-likeness (QED) is 0.295. The van der Waals surface area contributed by atoms with E-state index < -0.39 is 61.7 Å². The van der Waals surface area contributed by atoms with E-state index in [1.807, 2.05) is 0 Å². The van der Waals surface area contributed by atoms with Gasteiger partial charge in [-0.15, -0.1) is 0 Å². The third kappa shape index (κ3) is 9.01. The fourth-order valence-electron chi connectivity index (χ4n) is 1.37. The second kappa shape index (κ2) is 11.2. The Morgan fingerprint density at radius 3 is 1.58 bits per heavy atom. The maximum absolute atomic E-state index is 11.5. The van der Waals surface area contributed by atoms with Crippen LogP contribution in [0.3, 0.4) is 0 Å². The van der Waals surface area contributed by atoms with Crippen LogP contribution in [-0.2, 0) is 42.9 Å². The number of hydrogen-bond donors (Lipinski definition) is 1. The Kier molecular flexibility index (Phi) is 9.71. The van der Waals surface area contributed by atoms with Crippen molar-refractivity contribution in [2.75, 3.05) is 6.61 Å². The molecule has 0 aliphatic rings. The standard InChI is InChI=1S/C16H18O10/c1-4-12(19)24-16(25-13(20)5-2,26-14(21)6-3)9-10-23-15(22)8-7-11(17)18/h4-6H,1-3,7-10H2,(H,17,18). The Morgan fingerprint density at radius 1 is 0.808 bits per heavy atom. The molecule has 0 saturated heterocycles. The smallest absolute Gasteiger partial charge is 0.427 e. The number of carboxylic acid groups (broad SMARTS) is 1. The zero-order chi connectivity index (χ0) is 20.2. The van der Waals surface area contributed by atoms with Gasteiger partial charge in [0.1, 0.15) is 13.0 Å². The number of ether oxygens (including phenoxy) is 4. The largest absolute Gasteiger partial charge is 0.481 e. The van der Waals surface area contributed by atoms with Crippen molar-refractivity contribution in [3.8, 4) is 0 Å². The minimum atomic E-state index is -2.56. The lowest BCUT2D eigenvalue weighted by Gasteiger charge is -2.29. The van der Waals surface area contributed by atoms with Gasteiger partial charge in [-0.1, -0.05) is 19.7 Å². The molecule has 0 atom stereocenters. The highest BCUT2D eigenvalue weighted by Crippen LogP contribution is 2.22. The SMILES string of the molecule is C=CC(=O)OC(CCOC(=O)CCC(=O)O)(OC(=O)C=C)OC(=O)C=C. The van der Waals surface area contributed by atoms with Gasteiger partial charge >= 0.3 is 35.8 Å². The average Bonchev–Trinajstić information content (AvgIpc) is 2.59. The van der Waals surface area contributed by atoms with Crippen LogP contribution in [0.1, 0.15) is 19.3 Å². The van der Waals surface area contributed by atoms with Gasteiger partial charge in [-0.3, -0.25) is 9.59 Å². The molecular formula is C16H18O10. The van der Waals surface area contributed by atoms with Gasteiger partial charge in [-0.05, 0) is 0 Å². The van der Waals surface area contributed by atoms with E-state index in [-0.39, 0.29) is 0 Å². The Labute approximate surface area is 148 Å². The molecule has 0 aliphatic carbocycles. The normalized spacial score (nSPS) is 10.0. The molecule has 0 aromatic carbocycles. The molecule has 1 N–H and O–H groups in total. The maximum atomic E-state index is 11.5. The number of aliphatic carboxylic acids is 1. The predicted octanol–water partition coefficient (Wildman–Crippen LogP) is 0.626. The molecular weight excluding hydrogens is 352 g/mol. The first kappa shape index (κ1) is 22.6. The summed E-state index contributed by atoms with van der Waals surface area (Å²) in [7, 11) is 0. The van der Waals surface area contributed by atoms with E-state index in [0.717, 1.165) is 18.2 Å². The lowest BCUT2D eigenvalue weighted by atomic mass is 10.3. The number of carbonyl (C=O) groups is 5. The summed E-state index contributed by atoms with van der Waals surface area (Å²) < 4.78 is 19.1. The van der Waals surface area contributed by atoms with Crippen molar-refractivity contribution in [2.24, 2.45) is 0 Å². The fourth-order valence-corrected chi connectivity index (χ4v) is 1.37. The summed E-state index contributed by atoms with van der Waals surface area (Å²) in [5, 5.41) is 8.49. The van der Waals surface area contributed by atoms with E-state index in [9.17, 15) is 24.0 Å². The van der Waals surface area contributed by atoms with E-state index in [4.69, 9.17) is 24.1 Å². The first-order valence-corrected chi connectivity index (χ1v) is 7.11. The van der Waals surface area contributed by atoms with Crippen molar-refractivity contribution in [3.05, 3.63) is 38.0 Å². The summed E-state index contributed by atoms with van der Waals surface area (Å²) in [5.41, 5.74) is 0. The Balaban J connectivity index is 5.22. The molecule has 142 valence electrons. The van der Waals surface area contributed by atoms with Crippen molar-refractivity contribution in [3.63, 3.8) is 0 Å². The summed E-state index contributed by atoms with van der Waals surface area (Å²) >= 11 is 0. The van der Waals surface area contributed by atoms with Gasteiger partial charge in [-0.25, -0.2) is 14.4 Å². The molecule has 0 unspecified atom stereocenters. The minimum absolute atomic E-state index is 0.409. The zero-order valence-electron chi connectivity index (χ0n) is 13.8. The average molecular weight is 370 g/mol. The second-order valence-corrected chi connectivity index (χ2v) is 4.42. The fraction of sp³-hybridized carbons (Fsp3) is 0.312. The lowest BCUT2D eigenvalue weighted by molar-refractivity contribution is -0.328. The molecule has 10 heteroatoms. The Hall–Kier alpha value is -3.43. The van der Waals surface area contributed by atoms with Gasteiger partial charge in [0.25, 0.3) is 0 Å². The van der Waals surface area contributed by atoms with Crippen LogP contribution in [0.2, 0.25) is 0 Å². The van der Waals surface area contributed by atoms with Crippen molar-refractivity contribution in [1.29, 1.82) is 0 Å². The van der Waals surface area contributed by atoms with E-state index in [2.05, 4.69) is 19.7 Å². The first-order valence-electron chi connectivity index (χ1n) is 7.11. The van der Waals surface area contributed by atoms with Gasteiger partial charge in [0.2, 0.25) is 0 Å². The number of carboxylic acids is 1. The Bertz CT molecular complexity index is 549. The third-order valence-electron chi connectivity index (χ3n) is 2.48. The van der Waals surface area contributed by atoms with Gasteiger partial charge < -0.3 is 24.1 Å². The summed E-state index contributed by atoms with van der Waals surface area (Å²) in [6, 6.07) is 0. The highest BCUT2D eigenvalue weighted by Gasteiger charge is 2.42. The first-order chi connectivity index (χ1) is 12.2. The van der Waals surface area contributed by atoms with Crippen LogP contribution in [-0.4, -0.2) is 47.5 Å². The molecule has 0 fully saturated rings. The van der Waals surface area contributed by atoms with Gasteiger partial charge in [0.15, 0.2) is 0 Å². The highest BCUT2D eigenvalue weighted by molar-refractivity contribution is 5.85. The van der Waals surface area contributed by atoms with Crippen molar-refractivity contribution in [1.82, 2.24) is 0 Å². The number of hydrogen-bond acceptors (Lipinski definition) is 9. The van der Waals surface area contributed by atoms with Crippen LogP contribution in [0.15, 0.2) is 38.0 Å². The molecule has 0 heterocycles. The Morgan fingerprint density at radius 2 is 1.23 bits per heavy atom. The van der Waals surface area contributed by atoms with E-state index in [0.29, 0.717) is 0 Å². The van der Waals surface area contributed by atoms with Crippen LogP contribution in [0.5, 0.6) is 0 Å². The van der Waals surface area contributed by atoms with Crippen molar-refractivity contribution < 1.29 is 48.0 Å². The van der Waals surface area contributed by atoms with Crippen LogP contribution in [0.4, 0.5) is 0 Å². The number of esters is 4. The van der Waals surface area contributed by atoms with E-state index >= 15 is 0 Å². The maximum Gasteiger partial charge on any atom is 0.427 e. The highest BCUT2D eigenvalue weighted by atomic mass is 16.9. The van der Waals surface area contributed by atoms with Crippen LogP contribution in [0.25, 0.3) is 0 Å². The summed E-state index contributed by atoms with van der Waals surface area (Å²) in [5.74, 6) is -7.94. The predicted molar refractivity (Wildman–Crippen MR) is 84.0 cm³/mol. The van der Waals surface area contributed by atoms with Crippen LogP contribution in [0, 0.1) is 0 Å².